The highest BCUT2D eigenvalue weighted by Crippen LogP contribution is 2.33. The van der Waals surface area contributed by atoms with Crippen LogP contribution in [-0.4, -0.2) is 26.7 Å². The van der Waals surface area contributed by atoms with Gasteiger partial charge in [0.25, 0.3) is 0 Å². The molecule has 0 atom stereocenters. The lowest BCUT2D eigenvalue weighted by Crippen LogP contribution is -2.31. The van der Waals surface area contributed by atoms with Crippen LogP contribution in [0.3, 0.4) is 0 Å². The fourth-order valence-electron chi connectivity index (χ4n) is 4.26. The number of aromatic nitrogens is 4. The summed E-state index contributed by atoms with van der Waals surface area (Å²) in [5.74, 6) is 0.702. The van der Waals surface area contributed by atoms with Crippen molar-refractivity contribution in [3.05, 3.63) is 94.9 Å². The average Bonchev–Trinajstić information content (AvgIpc) is 3.34. The van der Waals surface area contributed by atoms with Crippen molar-refractivity contribution in [2.75, 3.05) is 11.4 Å². The molecule has 3 heterocycles. The molecule has 2 aromatic carbocycles. The Morgan fingerprint density at radius 1 is 0.935 bits per heavy atom. The largest absolute Gasteiger partial charge is 0.365 e. The zero-order valence-electron chi connectivity index (χ0n) is 18.3. The van der Waals surface area contributed by atoms with Gasteiger partial charge in [-0.15, -0.1) is 0 Å². The number of hydrogen-bond donors (Lipinski definition) is 1. The van der Waals surface area contributed by atoms with E-state index in [2.05, 4.69) is 89.4 Å². The highest BCUT2D eigenvalue weighted by molar-refractivity contribution is 5.53. The predicted molar refractivity (Wildman–Crippen MR) is 124 cm³/mol. The second kappa shape index (κ2) is 7.65. The van der Waals surface area contributed by atoms with Gasteiger partial charge in [0, 0.05) is 30.0 Å². The topological polar surface area (TPSA) is 57.7 Å². The van der Waals surface area contributed by atoms with Gasteiger partial charge < -0.3 is 4.90 Å². The van der Waals surface area contributed by atoms with Crippen molar-refractivity contribution in [2.45, 2.75) is 39.2 Å². The van der Waals surface area contributed by atoms with E-state index in [0.29, 0.717) is 5.82 Å². The quantitative estimate of drug-likeness (QED) is 0.512. The standard InChI is InChI=1S/C26H27N5/c1-18-4-6-20(7-5-18)26(2,3)21-8-10-22(11-9-21)31-15-13-19-16-27-25(29-24(19)17-31)23-12-14-28-30-23/h4-12,14,16H,13,15,17H2,1-3H3,(H,28,30). The Morgan fingerprint density at radius 3 is 2.32 bits per heavy atom. The lowest BCUT2D eigenvalue weighted by Gasteiger charge is -2.31. The number of rotatable bonds is 4. The minimum absolute atomic E-state index is 0.0348. The lowest BCUT2D eigenvalue weighted by atomic mass is 9.78. The van der Waals surface area contributed by atoms with Crippen molar-refractivity contribution in [3.8, 4) is 11.5 Å². The van der Waals surface area contributed by atoms with Crippen LogP contribution in [0.25, 0.3) is 11.5 Å². The van der Waals surface area contributed by atoms with Crippen LogP contribution >= 0.6 is 0 Å². The summed E-state index contributed by atoms with van der Waals surface area (Å²) >= 11 is 0. The van der Waals surface area contributed by atoms with Gasteiger partial charge in [0.2, 0.25) is 0 Å². The van der Waals surface area contributed by atoms with Gasteiger partial charge >= 0.3 is 0 Å². The number of nitrogens with zero attached hydrogens (tertiary/aromatic N) is 4. The Balaban J connectivity index is 1.37. The SMILES string of the molecule is Cc1ccc(C(C)(C)c2ccc(N3CCc4cnc(-c5ccn[nH]5)nc4C3)cc2)cc1. The summed E-state index contributed by atoms with van der Waals surface area (Å²) in [6, 6.07) is 19.8. The van der Waals surface area contributed by atoms with Crippen molar-refractivity contribution in [2.24, 2.45) is 0 Å². The molecular formula is C26H27N5. The number of nitrogens with one attached hydrogen (secondary N) is 1. The zero-order chi connectivity index (χ0) is 21.4. The fourth-order valence-corrected chi connectivity index (χ4v) is 4.26. The highest BCUT2D eigenvalue weighted by Gasteiger charge is 2.24. The molecule has 5 rings (SSSR count). The Kier molecular flexibility index (Phi) is 4.81. The molecule has 5 heteroatoms. The maximum absolute atomic E-state index is 4.81. The maximum atomic E-state index is 4.81. The number of aromatic amines is 1. The minimum atomic E-state index is -0.0348. The van der Waals surface area contributed by atoms with E-state index >= 15 is 0 Å². The first-order valence-electron chi connectivity index (χ1n) is 10.8. The van der Waals surface area contributed by atoms with Gasteiger partial charge in [-0.1, -0.05) is 55.8 Å². The van der Waals surface area contributed by atoms with Gasteiger partial charge in [0.1, 0.15) is 5.69 Å². The molecule has 0 saturated heterocycles. The minimum Gasteiger partial charge on any atom is -0.365 e. The van der Waals surface area contributed by atoms with Crippen molar-refractivity contribution in [3.63, 3.8) is 0 Å². The number of hydrogen-bond acceptors (Lipinski definition) is 4. The molecule has 2 aromatic heterocycles. The predicted octanol–water partition coefficient (Wildman–Crippen LogP) is 5.06. The summed E-state index contributed by atoms with van der Waals surface area (Å²) in [4.78, 5) is 11.7. The monoisotopic (exact) mass is 409 g/mol. The van der Waals surface area contributed by atoms with E-state index in [-0.39, 0.29) is 5.41 Å². The van der Waals surface area contributed by atoms with Crippen LogP contribution in [-0.2, 0) is 18.4 Å². The smallest absolute Gasteiger partial charge is 0.177 e. The Labute approximate surface area is 183 Å². The Hall–Kier alpha value is -3.47. The van der Waals surface area contributed by atoms with E-state index in [1.807, 2.05) is 12.3 Å². The molecule has 0 spiro atoms. The van der Waals surface area contributed by atoms with E-state index < -0.39 is 0 Å². The van der Waals surface area contributed by atoms with E-state index in [0.717, 1.165) is 30.9 Å². The first-order valence-corrected chi connectivity index (χ1v) is 10.8. The molecule has 0 aliphatic carbocycles. The third kappa shape index (κ3) is 3.72. The van der Waals surface area contributed by atoms with Crippen LogP contribution in [0.2, 0.25) is 0 Å². The highest BCUT2D eigenvalue weighted by atomic mass is 15.2. The fraction of sp³-hybridized carbons (Fsp3) is 0.269. The number of anilines is 1. The number of fused-ring (bicyclic) bond motifs is 1. The van der Waals surface area contributed by atoms with Crippen molar-refractivity contribution in [1.82, 2.24) is 20.2 Å². The van der Waals surface area contributed by atoms with Gasteiger partial charge in [-0.05, 0) is 48.2 Å². The third-order valence-corrected chi connectivity index (χ3v) is 6.41. The number of H-pyrrole nitrogens is 1. The number of benzene rings is 2. The molecule has 0 saturated carbocycles. The molecule has 0 bridgehead atoms. The van der Waals surface area contributed by atoms with Crippen LogP contribution < -0.4 is 4.90 Å². The molecule has 1 aliphatic rings. The summed E-state index contributed by atoms with van der Waals surface area (Å²) in [6.07, 6.45) is 4.64. The molecule has 0 radical (unpaired) electrons. The zero-order valence-corrected chi connectivity index (χ0v) is 18.3. The maximum Gasteiger partial charge on any atom is 0.177 e. The van der Waals surface area contributed by atoms with Gasteiger partial charge in [0.15, 0.2) is 5.82 Å². The summed E-state index contributed by atoms with van der Waals surface area (Å²) < 4.78 is 0. The summed E-state index contributed by atoms with van der Waals surface area (Å²) in [6.45, 7) is 8.47. The first kappa shape index (κ1) is 19.5. The summed E-state index contributed by atoms with van der Waals surface area (Å²) in [5, 5.41) is 6.96. The molecule has 0 fully saturated rings. The molecule has 31 heavy (non-hydrogen) atoms. The van der Waals surface area contributed by atoms with Gasteiger partial charge in [0.05, 0.1) is 12.2 Å². The van der Waals surface area contributed by atoms with Crippen molar-refractivity contribution >= 4 is 5.69 Å². The van der Waals surface area contributed by atoms with Crippen LogP contribution in [0.15, 0.2) is 67.0 Å². The van der Waals surface area contributed by atoms with Crippen LogP contribution in [0.4, 0.5) is 5.69 Å². The molecule has 0 amide bonds. The number of aryl methyl sites for hydroxylation is 1. The van der Waals surface area contributed by atoms with Crippen molar-refractivity contribution in [1.29, 1.82) is 0 Å². The Morgan fingerprint density at radius 2 is 1.65 bits per heavy atom. The first-order chi connectivity index (χ1) is 15.0. The Bertz CT molecular complexity index is 1180. The van der Waals surface area contributed by atoms with Gasteiger partial charge in [-0.2, -0.15) is 5.10 Å². The summed E-state index contributed by atoms with van der Waals surface area (Å²) in [7, 11) is 0. The van der Waals surface area contributed by atoms with E-state index in [1.165, 1.54) is 27.9 Å². The molecule has 156 valence electrons. The molecule has 1 aliphatic heterocycles. The van der Waals surface area contributed by atoms with Crippen molar-refractivity contribution < 1.29 is 0 Å². The van der Waals surface area contributed by atoms with Crippen LogP contribution in [0.5, 0.6) is 0 Å². The van der Waals surface area contributed by atoms with Crippen LogP contribution in [0.1, 0.15) is 41.8 Å². The molecule has 1 N–H and O–H groups in total. The summed E-state index contributed by atoms with van der Waals surface area (Å²) in [5.41, 5.74) is 8.32. The molecule has 0 unspecified atom stereocenters. The lowest BCUT2D eigenvalue weighted by molar-refractivity contribution is 0.640. The van der Waals surface area contributed by atoms with E-state index in [1.54, 1.807) is 6.20 Å². The average molecular weight is 410 g/mol. The van der Waals surface area contributed by atoms with Crippen LogP contribution in [0, 0.1) is 6.92 Å². The molecular weight excluding hydrogens is 382 g/mol. The van der Waals surface area contributed by atoms with Gasteiger partial charge in [-0.3, -0.25) is 5.10 Å². The van der Waals surface area contributed by atoms with E-state index in [4.69, 9.17) is 4.98 Å². The second-order valence-corrected chi connectivity index (χ2v) is 8.85. The molecule has 4 aromatic rings. The normalized spacial score (nSPS) is 13.8. The third-order valence-electron chi connectivity index (χ3n) is 6.41. The second-order valence-electron chi connectivity index (χ2n) is 8.85. The molecule has 5 nitrogen and oxygen atoms in total. The van der Waals surface area contributed by atoms with Gasteiger partial charge in [-0.25, -0.2) is 9.97 Å². The van der Waals surface area contributed by atoms with E-state index in [9.17, 15) is 0 Å².